The van der Waals surface area contributed by atoms with Gasteiger partial charge in [-0.1, -0.05) is 17.7 Å². The van der Waals surface area contributed by atoms with E-state index in [2.05, 4.69) is 6.58 Å². The van der Waals surface area contributed by atoms with Gasteiger partial charge in [-0.15, -0.1) is 6.58 Å². The van der Waals surface area contributed by atoms with Gasteiger partial charge < -0.3 is 0 Å². The van der Waals surface area contributed by atoms with Gasteiger partial charge in [0.25, 0.3) is 5.69 Å². The van der Waals surface area contributed by atoms with E-state index in [-0.39, 0.29) is 22.5 Å². The Morgan fingerprint density at radius 1 is 1.52 bits per heavy atom. The normalized spacial score (nSPS) is 15.2. The molecular weight excluding hydrogens is 316 g/mol. The highest BCUT2D eigenvalue weighted by Crippen LogP contribution is 2.36. The maximum absolute atomic E-state index is 12.7. The van der Waals surface area contributed by atoms with Gasteiger partial charge in [-0.25, -0.2) is 8.42 Å². The average Bonchev–Trinajstić information content (AvgIpc) is 3.18. The number of sulfonamides is 1. The summed E-state index contributed by atoms with van der Waals surface area (Å²) in [7, 11) is -3.80. The zero-order valence-corrected chi connectivity index (χ0v) is 13.0. The van der Waals surface area contributed by atoms with E-state index in [9.17, 15) is 18.5 Å². The molecule has 0 spiro atoms. The van der Waals surface area contributed by atoms with Crippen LogP contribution in [0, 0.1) is 17.0 Å². The molecule has 0 radical (unpaired) electrons. The van der Waals surface area contributed by atoms with Crippen molar-refractivity contribution in [3.63, 3.8) is 0 Å². The summed E-state index contributed by atoms with van der Waals surface area (Å²) < 4.78 is 26.8. The Labute approximate surface area is 128 Å². The van der Waals surface area contributed by atoms with E-state index >= 15 is 0 Å². The fraction of sp³-hybridized carbons (Fsp3) is 0.385. The van der Waals surface area contributed by atoms with Crippen molar-refractivity contribution in [2.24, 2.45) is 0 Å². The standard InChI is InChI=1S/C13H15ClN2O4S/c1-3-6-15(10-4-5-10)21(19,20)13-8-12(16(17)18)11(14)7-9(13)2/h3,7-8,10H,1,4-6H2,2H3. The number of rotatable bonds is 6. The number of hydrogen-bond donors (Lipinski definition) is 0. The van der Waals surface area contributed by atoms with Crippen molar-refractivity contribution in [3.05, 3.63) is 45.5 Å². The number of hydrogen-bond acceptors (Lipinski definition) is 4. The summed E-state index contributed by atoms with van der Waals surface area (Å²) in [6.07, 6.45) is 3.10. The highest BCUT2D eigenvalue weighted by molar-refractivity contribution is 7.89. The molecule has 21 heavy (non-hydrogen) atoms. The van der Waals surface area contributed by atoms with Gasteiger partial charge in [0.2, 0.25) is 10.0 Å². The van der Waals surface area contributed by atoms with Gasteiger partial charge in [0.05, 0.1) is 9.82 Å². The van der Waals surface area contributed by atoms with Crippen molar-refractivity contribution in [2.45, 2.75) is 30.7 Å². The van der Waals surface area contributed by atoms with Crippen LogP contribution >= 0.6 is 11.6 Å². The Bertz CT molecular complexity index is 698. The molecule has 0 aromatic heterocycles. The molecule has 0 heterocycles. The van der Waals surface area contributed by atoms with E-state index in [0.717, 1.165) is 18.9 Å². The lowest BCUT2D eigenvalue weighted by atomic mass is 10.2. The molecule has 0 atom stereocenters. The maximum Gasteiger partial charge on any atom is 0.289 e. The van der Waals surface area contributed by atoms with Crippen LogP contribution in [-0.2, 0) is 10.0 Å². The summed E-state index contributed by atoms with van der Waals surface area (Å²) in [6.45, 7) is 5.32. The van der Waals surface area contributed by atoms with E-state index in [4.69, 9.17) is 11.6 Å². The van der Waals surface area contributed by atoms with E-state index < -0.39 is 20.6 Å². The number of nitro groups is 1. The zero-order valence-electron chi connectivity index (χ0n) is 11.5. The minimum atomic E-state index is -3.80. The summed E-state index contributed by atoms with van der Waals surface area (Å²) >= 11 is 5.80. The number of aryl methyl sites for hydroxylation is 1. The summed E-state index contributed by atoms with van der Waals surface area (Å²) in [5.74, 6) is 0. The molecule has 1 aliphatic carbocycles. The third-order valence-electron chi connectivity index (χ3n) is 3.29. The Balaban J connectivity index is 2.55. The largest absolute Gasteiger partial charge is 0.289 e. The topological polar surface area (TPSA) is 80.5 Å². The highest BCUT2D eigenvalue weighted by Gasteiger charge is 2.38. The van der Waals surface area contributed by atoms with Crippen LogP contribution in [0.5, 0.6) is 0 Å². The fourth-order valence-corrected chi connectivity index (χ4v) is 4.29. The summed E-state index contributed by atoms with van der Waals surface area (Å²) in [6, 6.07) is 2.29. The van der Waals surface area contributed by atoms with Crippen molar-refractivity contribution < 1.29 is 13.3 Å². The Hall–Kier alpha value is -1.44. The number of nitrogens with zero attached hydrogens (tertiary/aromatic N) is 2. The molecule has 0 amide bonds. The molecule has 114 valence electrons. The minimum Gasteiger partial charge on any atom is -0.258 e. The van der Waals surface area contributed by atoms with Crippen molar-refractivity contribution >= 4 is 27.3 Å². The molecule has 1 aliphatic rings. The van der Waals surface area contributed by atoms with E-state index in [1.807, 2.05) is 0 Å². The molecule has 0 unspecified atom stereocenters. The predicted octanol–water partition coefficient (Wildman–Crippen LogP) is 2.90. The Morgan fingerprint density at radius 3 is 2.62 bits per heavy atom. The summed E-state index contributed by atoms with van der Waals surface area (Å²) in [5.41, 5.74) is -0.0181. The molecular formula is C13H15ClN2O4S. The van der Waals surface area contributed by atoms with E-state index in [0.29, 0.717) is 5.56 Å². The molecule has 0 bridgehead atoms. The molecule has 0 saturated heterocycles. The van der Waals surface area contributed by atoms with Gasteiger partial charge in [0.15, 0.2) is 0 Å². The lowest BCUT2D eigenvalue weighted by Crippen LogP contribution is -2.33. The van der Waals surface area contributed by atoms with Gasteiger partial charge in [-0.2, -0.15) is 4.31 Å². The smallest absolute Gasteiger partial charge is 0.258 e. The van der Waals surface area contributed by atoms with Crippen molar-refractivity contribution in [1.29, 1.82) is 0 Å². The Kier molecular flexibility index (Phi) is 4.36. The van der Waals surface area contributed by atoms with Gasteiger partial charge >= 0.3 is 0 Å². The molecule has 1 fully saturated rings. The quantitative estimate of drug-likeness (QED) is 0.456. The molecule has 6 nitrogen and oxygen atoms in total. The number of nitro benzene ring substituents is 1. The van der Waals surface area contributed by atoms with Crippen LogP contribution in [0.3, 0.4) is 0 Å². The van der Waals surface area contributed by atoms with Crippen LogP contribution in [0.25, 0.3) is 0 Å². The second-order valence-electron chi connectivity index (χ2n) is 4.92. The zero-order chi connectivity index (χ0) is 15.8. The van der Waals surface area contributed by atoms with Crippen molar-refractivity contribution in [2.75, 3.05) is 6.54 Å². The molecule has 1 saturated carbocycles. The van der Waals surface area contributed by atoms with E-state index in [1.54, 1.807) is 6.92 Å². The van der Waals surface area contributed by atoms with Crippen LogP contribution < -0.4 is 0 Å². The lowest BCUT2D eigenvalue weighted by Gasteiger charge is -2.21. The third-order valence-corrected chi connectivity index (χ3v) is 5.65. The van der Waals surface area contributed by atoms with Crippen molar-refractivity contribution in [1.82, 2.24) is 4.31 Å². The molecule has 2 rings (SSSR count). The van der Waals surface area contributed by atoms with Crippen LogP contribution in [0.1, 0.15) is 18.4 Å². The Morgan fingerprint density at radius 2 is 2.14 bits per heavy atom. The van der Waals surface area contributed by atoms with Gasteiger partial charge in [-0.05, 0) is 31.4 Å². The predicted molar refractivity (Wildman–Crippen MR) is 80.0 cm³/mol. The first kappa shape index (κ1) is 15.9. The fourth-order valence-electron chi connectivity index (χ4n) is 2.12. The highest BCUT2D eigenvalue weighted by atomic mass is 35.5. The monoisotopic (exact) mass is 330 g/mol. The first-order valence-corrected chi connectivity index (χ1v) is 8.18. The van der Waals surface area contributed by atoms with Gasteiger partial charge in [0, 0.05) is 18.7 Å². The van der Waals surface area contributed by atoms with Crippen LogP contribution in [0.2, 0.25) is 5.02 Å². The second kappa shape index (κ2) is 5.75. The number of halogens is 1. The van der Waals surface area contributed by atoms with Crippen LogP contribution in [0.15, 0.2) is 29.7 Å². The minimum absolute atomic E-state index is 0.0536. The van der Waals surface area contributed by atoms with Crippen LogP contribution in [0.4, 0.5) is 5.69 Å². The molecule has 1 aromatic carbocycles. The van der Waals surface area contributed by atoms with Gasteiger partial charge in [0.1, 0.15) is 5.02 Å². The lowest BCUT2D eigenvalue weighted by molar-refractivity contribution is -0.384. The van der Waals surface area contributed by atoms with Crippen molar-refractivity contribution in [3.8, 4) is 0 Å². The first-order valence-electron chi connectivity index (χ1n) is 6.36. The molecule has 8 heteroatoms. The molecule has 0 N–H and O–H groups in total. The van der Waals surface area contributed by atoms with E-state index in [1.165, 1.54) is 16.4 Å². The average molecular weight is 331 g/mol. The number of benzene rings is 1. The third kappa shape index (κ3) is 3.09. The summed E-state index contributed by atoms with van der Waals surface area (Å²) in [4.78, 5) is 10.2. The first-order chi connectivity index (χ1) is 9.78. The van der Waals surface area contributed by atoms with Gasteiger partial charge in [-0.3, -0.25) is 10.1 Å². The maximum atomic E-state index is 12.7. The molecule has 0 aliphatic heterocycles. The SMILES string of the molecule is C=CCN(C1CC1)S(=O)(=O)c1cc([N+](=O)[O-])c(Cl)cc1C. The second-order valence-corrected chi connectivity index (χ2v) is 7.19. The van der Waals surface area contributed by atoms with Crippen LogP contribution in [-0.4, -0.2) is 30.2 Å². The summed E-state index contributed by atoms with van der Waals surface area (Å²) in [5, 5.41) is 10.9. The molecule has 1 aromatic rings.